The van der Waals surface area contributed by atoms with Crippen LogP contribution in [0.15, 0.2) is 30.3 Å². The summed E-state index contributed by atoms with van der Waals surface area (Å²) in [6, 6.07) is 9.19. The summed E-state index contributed by atoms with van der Waals surface area (Å²) in [4.78, 5) is 14.2. The lowest BCUT2D eigenvalue weighted by Crippen LogP contribution is -2.25. The lowest BCUT2D eigenvalue weighted by atomic mass is 9.98. The van der Waals surface area contributed by atoms with Gasteiger partial charge in [0.1, 0.15) is 5.60 Å². The Labute approximate surface area is 82.0 Å². The first kappa shape index (κ1) is 10.5. The smallest absolute Gasteiger partial charge is 0.421 e. The SMILES string of the molecule is CC(C)(OC(=O)OO)c1ccccc1. The Kier molecular flexibility index (Phi) is 3.09. The lowest BCUT2D eigenvalue weighted by Gasteiger charge is -2.23. The number of hydrogen-bond acceptors (Lipinski definition) is 4. The van der Waals surface area contributed by atoms with Gasteiger partial charge in [0, 0.05) is 0 Å². The van der Waals surface area contributed by atoms with E-state index >= 15 is 0 Å². The van der Waals surface area contributed by atoms with E-state index in [1.54, 1.807) is 13.8 Å². The van der Waals surface area contributed by atoms with Crippen molar-refractivity contribution >= 4 is 6.16 Å². The standard InChI is InChI=1S/C10H12O4/c1-10(2,13-9(11)14-12)8-6-4-3-5-7-8/h3-7,12H,1-2H3. The monoisotopic (exact) mass is 196 g/mol. The average Bonchev–Trinajstić information content (AvgIpc) is 2.18. The molecule has 0 bridgehead atoms. The Morgan fingerprint density at radius 3 is 2.36 bits per heavy atom. The second-order valence-corrected chi connectivity index (χ2v) is 3.32. The minimum atomic E-state index is -1.11. The van der Waals surface area contributed by atoms with Crippen molar-refractivity contribution in [3.8, 4) is 0 Å². The molecule has 0 heterocycles. The fourth-order valence-electron chi connectivity index (χ4n) is 1.13. The summed E-state index contributed by atoms with van der Waals surface area (Å²) < 4.78 is 4.86. The molecule has 0 aliphatic rings. The first-order valence-corrected chi connectivity index (χ1v) is 4.16. The zero-order valence-corrected chi connectivity index (χ0v) is 8.06. The highest BCUT2D eigenvalue weighted by Gasteiger charge is 2.25. The third-order valence-corrected chi connectivity index (χ3v) is 1.88. The normalized spacial score (nSPS) is 10.8. The largest absolute Gasteiger partial charge is 0.541 e. The van der Waals surface area contributed by atoms with Gasteiger partial charge in [-0.25, -0.2) is 4.79 Å². The minimum Gasteiger partial charge on any atom is -0.421 e. The summed E-state index contributed by atoms with van der Waals surface area (Å²) in [7, 11) is 0. The number of carbonyl (C=O) groups excluding carboxylic acids is 1. The molecule has 0 fully saturated rings. The molecule has 0 aromatic heterocycles. The Morgan fingerprint density at radius 2 is 1.86 bits per heavy atom. The van der Waals surface area contributed by atoms with Gasteiger partial charge in [-0.1, -0.05) is 30.3 Å². The molecule has 0 unspecified atom stereocenters. The highest BCUT2D eigenvalue weighted by molar-refractivity contribution is 5.59. The van der Waals surface area contributed by atoms with Crippen molar-refractivity contribution in [1.82, 2.24) is 0 Å². The molecule has 1 N–H and O–H groups in total. The van der Waals surface area contributed by atoms with Crippen LogP contribution in [0.3, 0.4) is 0 Å². The molecule has 4 nitrogen and oxygen atoms in total. The van der Waals surface area contributed by atoms with Crippen LogP contribution in [0.2, 0.25) is 0 Å². The molecule has 14 heavy (non-hydrogen) atoms. The highest BCUT2D eigenvalue weighted by Crippen LogP contribution is 2.24. The zero-order chi connectivity index (χ0) is 10.6. The molecule has 0 aliphatic heterocycles. The van der Waals surface area contributed by atoms with Crippen LogP contribution in [0, 0.1) is 0 Å². The molecule has 1 rings (SSSR count). The van der Waals surface area contributed by atoms with Gasteiger partial charge in [-0.15, -0.1) is 0 Å². The molecule has 0 amide bonds. The molecule has 0 aliphatic carbocycles. The van der Waals surface area contributed by atoms with Gasteiger partial charge in [0.05, 0.1) is 0 Å². The molecule has 0 saturated carbocycles. The maximum absolute atomic E-state index is 10.7. The predicted molar refractivity (Wildman–Crippen MR) is 49.7 cm³/mol. The summed E-state index contributed by atoms with van der Waals surface area (Å²) in [6.07, 6.45) is -1.11. The Morgan fingerprint density at radius 1 is 1.29 bits per heavy atom. The van der Waals surface area contributed by atoms with Crippen LogP contribution < -0.4 is 0 Å². The molecule has 0 atom stereocenters. The summed E-state index contributed by atoms with van der Waals surface area (Å²) >= 11 is 0. The van der Waals surface area contributed by atoms with Crippen molar-refractivity contribution in [2.75, 3.05) is 0 Å². The number of rotatable bonds is 2. The minimum absolute atomic E-state index is 0.818. The van der Waals surface area contributed by atoms with Crippen LogP contribution in [0.25, 0.3) is 0 Å². The molecule has 0 spiro atoms. The van der Waals surface area contributed by atoms with Crippen molar-refractivity contribution < 1.29 is 19.7 Å². The summed E-state index contributed by atoms with van der Waals surface area (Å²) in [5, 5.41) is 8.07. The third-order valence-electron chi connectivity index (χ3n) is 1.88. The van der Waals surface area contributed by atoms with Crippen molar-refractivity contribution in [2.24, 2.45) is 0 Å². The first-order valence-electron chi connectivity index (χ1n) is 4.16. The van der Waals surface area contributed by atoms with Gasteiger partial charge >= 0.3 is 6.16 Å². The Bertz CT molecular complexity index is 305. The summed E-state index contributed by atoms with van der Waals surface area (Å²) in [6.45, 7) is 3.42. The fourth-order valence-corrected chi connectivity index (χ4v) is 1.13. The first-order chi connectivity index (χ1) is 6.56. The van der Waals surface area contributed by atoms with E-state index in [9.17, 15) is 4.79 Å². The Balaban J connectivity index is 2.80. The van der Waals surface area contributed by atoms with E-state index in [1.807, 2.05) is 30.3 Å². The van der Waals surface area contributed by atoms with Crippen molar-refractivity contribution in [3.63, 3.8) is 0 Å². The van der Waals surface area contributed by atoms with Crippen LogP contribution in [0.1, 0.15) is 19.4 Å². The van der Waals surface area contributed by atoms with Crippen LogP contribution in [0.4, 0.5) is 4.79 Å². The molecular formula is C10H12O4. The number of hydrogen-bond donors (Lipinski definition) is 1. The number of benzene rings is 1. The fraction of sp³-hybridized carbons (Fsp3) is 0.300. The molecule has 1 aromatic carbocycles. The van der Waals surface area contributed by atoms with Gasteiger partial charge in [-0.05, 0) is 19.4 Å². The van der Waals surface area contributed by atoms with E-state index in [-0.39, 0.29) is 0 Å². The van der Waals surface area contributed by atoms with E-state index in [4.69, 9.17) is 9.99 Å². The van der Waals surface area contributed by atoms with Gasteiger partial charge in [-0.3, -0.25) is 4.89 Å². The van der Waals surface area contributed by atoms with Crippen molar-refractivity contribution in [1.29, 1.82) is 0 Å². The second-order valence-electron chi connectivity index (χ2n) is 3.32. The van der Waals surface area contributed by atoms with E-state index in [2.05, 4.69) is 4.89 Å². The molecule has 0 radical (unpaired) electrons. The molecular weight excluding hydrogens is 184 g/mol. The van der Waals surface area contributed by atoms with Crippen LogP contribution in [0.5, 0.6) is 0 Å². The predicted octanol–water partition coefficient (Wildman–Crippen LogP) is 2.55. The Hall–Kier alpha value is -1.55. The summed E-state index contributed by atoms with van der Waals surface area (Å²) in [5.74, 6) is 0. The zero-order valence-electron chi connectivity index (χ0n) is 8.06. The van der Waals surface area contributed by atoms with E-state index in [0.717, 1.165) is 5.56 Å². The molecule has 4 heteroatoms. The number of carbonyl (C=O) groups is 1. The van der Waals surface area contributed by atoms with Gasteiger partial charge in [0.15, 0.2) is 0 Å². The van der Waals surface area contributed by atoms with Crippen LogP contribution in [-0.2, 0) is 15.2 Å². The van der Waals surface area contributed by atoms with Gasteiger partial charge < -0.3 is 4.74 Å². The van der Waals surface area contributed by atoms with E-state index in [1.165, 1.54) is 0 Å². The molecule has 0 saturated heterocycles. The van der Waals surface area contributed by atoms with E-state index < -0.39 is 11.8 Å². The maximum Gasteiger partial charge on any atom is 0.541 e. The second kappa shape index (κ2) is 4.11. The van der Waals surface area contributed by atoms with Crippen molar-refractivity contribution in [3.05, 3.63) is 35.9 Å². The van der Waals surface area contributed by atoms with Crippen LogP contribution >= 0.6 is 0 Å². The lowest BCUT2D eigenvalue weighted by molar-refractivity contribution is -0.212. The topological polar surface area (TPSA) is 55.8 Å². The third kappa shape index (κ3) is 2.47. The van der Waals surface area contributed by atoms with Crippen LogP contribution in [-0.4, -0.2) is 11.4 Å². The average molecular weight is 196 g/mol. The van der Waals surface area contributed by atoms with Gasteiger partial charge in [0.25, 0.3) is 0 Å². The molecule has 1 aromatic rings. The van der Waals surface area contributed by atoms with Gasteiger partial charge in [0.2, 0.25) is 0 Å². The maximum atomic E-state index is 10.7. The molecule has 76 valence electrons. The quantitative estimate of drug-likeness (QED) is 0.448. The summed E-state index contributed by atoms with van der Waals surface area (Å²) in [5.41, 5.74) is 0.00606. The van der Waals surface area contributed by atoms with Gasteiger partial charge in [-0.2, -0.15) is 5.26 Å². The van der Waals surface area contributed by atoms with E-state index in [0.29, 0.717) is 0 Å². The van der Waals surface area contributed by atoms with Crippen molar-refractivity contribution in [2.45, 2.75) is 19.4 Å². The number of ether oxygens (including phenoxy) is 1. The highest BCUT2D eigenvalue weighted by atomic mass is 17.1.